The number of nitrogens with zero attached hydrogens (tertiary/aromatic N) is 1. The van der Waals surface area contributed by atoms with Crippen molar-refractivity contribution in [3.05, 3.63) is 138 Å². The van der Waals surface area contributed by atoms with Gasteiger partial charge in [0.05, 0.1) is 10.9 Å². The van der Waals surface area contributed by atoms with Crippen molar-refractivity contribution in [3.8, 4) is 11.5 Å². The number of benzene rings is 5. The van der Waals surface area contributed by atoms with Crippen LogP contribution in [0.3, 0.4) is 0 Å². The van der Waals surface area contributed by atoms with Gasteiger partial charge < -0.3 is 24.8 Å². The van der Waals surface area contributed by atoms with Crippen LogP contribution in [0.4, 0.5) is 4.79 Å². The molecule has 258 valence electrons. The summed E-state index contributed by atoms with van der Waals surface area (Å²) >= 11 is 0. The van der Waals surface area contributed by atoms with E-state index in [1.807, 2.05) is 78.9 Å². The Hall–Kier alpha value is -5.39. The number of nitrogens with two attached hydrogens (primary N) is 1. The van der Waals surface area contributed by atoms with Gasteiger partial charge in [-0.1, -0.05) is 84.9 Å². The zero-order valence-electron chi connectivity index (χ0n) is 27.5. The van der Waals surface area contributed by atoms with Crippen LogP contribution in [0.1, 0.15) is 29.5 Å². The van der Waals surface area contributed by atoms with Crippen LogP contribution in [-0.2, 0) is 27.8 Å². The minimum atomic E-state index is -3.90. The number of nitrogens with one attached hydrogen (secondary N) is 2. The number of carbonyl (C=O) groups excluding carboxylic acids is 1. The van der Waals surface area contributed by atoms with Crippen molar-refractivity contribution < 1.29 is 27.4 Å². The third-order valence-electron chi connectivity index (χ3n) is 8.56. The smallest absolute Gasteiger partial charge is 0.410 e. The number of amidine groups is 1. The Labute approximate surface area is 292 Å². The van der Waals surface area contributed by atoms with Crippen molar-refractivity contribution in [1.82, 2.24) is 9.62 Å². The lowest BCUT2D eigenvalue weighted by atomic mass is 10.1. The van der Waals surface area contributed by atoms with Gasteiger partial charge in [-0.15, -0.1) is 0 Å². The van der Waals surface area contributed by atoms with Gasteiger partial charge in [0.2, 0.25) is 10.0 Å². The molecule has 6 rings (SSSR count). The van der Waals surface area contributed by atoms with Crippen LogP contribution in [0, 0.1) is 5.41 Å². The van der Waals surface area contributed by atoms with E-state index in [1.165, 1.54) is 0 Å². The molecule has 1 amide bonds. The fourth-order valence-corrected chi connectivity index (χ4v) is 7.11. The zero-order chi connectivity index (χ0) is 34.9. The first kappa shape index (κ1) is 34.5. The minimum Gasteiger partial charge on any atom is -0.492 e. The van der Waals surface area contributed by atoms with Crippen LogP contribution in [0.2, 0.25) is 0 Å². The fraction of sp³-hybridized carbons (Fsp3) is 0.231. The summed E-state index contributed by atoms with van der Waals surface area (Å²) in [5, 5.41) is 9.51. The average Bonchev–Trinajstić information content (AvgIpc) is 3.14. The van der Waals surface area contributed by atoms with Crippen LogP contribution >= 0.6 is 0 Å². The molecule has 5 aromatic rings. The highest BCUT2D eigenvalue weighted by Crippen LogP contribution is 2.23. The first-order chi connectivity index (χ1) is 24.2. The molecule has 0 aromatic heterocycles. The van der Waals surface area contributed by atoms with Crippen LogP contribution in [-0.4, -0.2) is 57.1 Å². The summed E-state index contributed by atoms with van der Waals surface area (Å²) in [4.78, 5) is 14.4. The van der Waals surface area contributed by atoms with E-state index in [9.17, 15) is 13.2 Å². The summed E-state index contributed by atoms with van der Waals surface area (Å²) in [5.74, 6) is 1.09. The molecule has 11 heteroatoms. The lowest BCUT2D eigenvalue weighted by molar-refractivity contribution is 0.0638. The van der Waals surface area contributed by atoms with Gasteiger partial charge in [-0.05, 0) is 64.7 Å². The summed E-state index contributed by atoms with van der Waals surface area (Å²) in [6.07, 6.45) is 1.35. The van der Waals surface area contributed by atoms with Crippen LogP contribution in [0.25, 0.3) is 10.8 Å². The second-order valence-corrected chi connectivity index (χ2v) is 14.0. The normalized spacial score (nSPS) is 14.2. The van der Waals surface area contributed by atoms with Crippen molar-refractivity contribution >= 4 is 32.7 Å². The van der Waals surface area contributed by atoms with Gasteiger partial charge in [0, 0.05) is 31.5 Å². The fourth-order valence-electron chi connectivity index (χ4n) is 5.85. The Balaban J connectivity index is 1.08. The average molecular weight is 693 g/mol. The van der Waals surface area contributed by atoms with Gasteiger partial charge in [-0.25, -0.2) is 17.9 Å². The quantitative estimate of drug-likeness (QED) is 0.0975. The molecule has 0 bridgehead atoms. The molecule has 1 atom stereocenters. The molecule has 0 aliphatic carbocycles. The van der Waals surface area contributed by atoms with Crippen LogP contribution < -0.4 is 19.9 Å². The van der Waals surface area contributed by atoms with Crippen molar-refractivity contribution in [1.29, 1.82) is 5.41 Å². The second kappa shape index (κ2) is 15.9. The van der Waals surface area contributed by atoms with Gasteiger partial charge in [0.1, 0.15) is 36.7 Å². The Kier molecular flexibility index (Phi) is 10.9. The topological polar surface area (TPSA) is 144 Å². The molecule has 5 aromatic carbocycles. The maximum atomic E-state index is 13.6. The standard InChI is InChI=1S/C39H40N4O6S/c40-38(41)32-11-6-12-36(24-32)47-27-33(42-50(45,46)37-18-15-30-9-4-5-10-31(30)25-37)23-28-13-16-34(17-14-28)49-35-19-21-43(22-20-35)39(44)48-26-29-7-2-1-3-8-29/h1-18,24-25,33,35,42H,19-23,26-27H2,(H3,40,41)/t33-/m0/s1. The number of hydrogen-bond donors (Lipinski definition) is 3. The van der Waals surface area contributed by atoms with Gasteiger partial charge in [0.15, 0.2) is 0 Å². The predicted molar refractivity (Wildman–Crippen MR) is 193 cm³/mol. The van der Waals surface area contributed by atoms with Crippen LogP contribution in [0.15, 0.2) is 126 Å². The molecule has 1 aliphatic heterocycles. The highest BCUT2D eigenvalue weighted by Gasteiger charge is 2.26. The summed E-state index contributed by atoms with van der Waals surface area (Å²) < 4.78 is 47.8. The third-order valence-corrected chi connectivity index (χ3v) is 10.1. The summed E-state index contributed by atoms with van der Waals surface area (Å²) in [6.45, 7) is 1.38. The van der Waals surface area contributed by atoms with Crippen molar-refractivity contribution in [2.45, 2.75) is 42.9 Å². The number of likely N-dealkylation sites (tertiary alicyclic amines) is 1. The maximum Gasteiger partial charge on any atom is 0.410 e. The highest BCUT2D eigenvalue weighted by atomic mass is 32.2. The molecule has 1 heterocycles. The van der Waals surface area contributed by atoms with Crippen LogP contribution in [0.5, 0.6) is 11.5 Å². The Morgan fingerprint density at radius 3 is 2.28 bits per heavy atom. The molecule has 0 saturated carbocycles. The molecule has 4 N–H and O–H groups in total. The summed E-state index contributed by atoms with van der Waals surface area (Å²) in [7, 11) is -3.90. The highest BCUT2D eigenvalue weighted by molar-refractivity contribution is 7.89. The van der Waals surface area contributed by atoms with E-state index < -0.39 is 16.1 Å². The van der Waals surface area contributed by atoms with E-state index in [0.29, 0.717) is 49.4 Å². The number of amides is 1. The monoisotopic (exact) mass is 692 g/mol. The van der Waals surface area contributed by atoms with Gasteiger partial charge in [-0.2, -0.15) is 0 Å². The van der Waals surface area contributed by atoms with E-state index in [4.69, 9.17) is 25.4 Å². The number of rotatable bonds is 13. The Bertz CT molecular complexity index is 2030. The molecule has 50 heavy (non-hydrogen) atoms. The SMILES string of the molecule is N=C(N)c1cccc(OC[C@H](Cc2ccc(OC3CCN(C(=O)OCc4ccccc4)CC3)cc2)NS(=O)(=O)c2ccc3ccccc3c2)c1. The summed E-state index contributed by atoms with van der Waals surface area (Å²) in [5.41, 5.74) is 8.00. The van der Waals surface area contributed by atoms with Gasteiger partial charge in [-0.3, -0.25) is 5.41 Å². The Morgan fingerprint density at radius 2 is 1.54 bits per heavy atom. The molecule has 0 radical (unpaired) electrons. The predicted octanol–water partition coefficient (Wildman–Crippen LogP) is 6.27. The molecule has 10 nitrogen and oxygen atoms in total. The molecule has 1 saturated heterocycles. The number of hydrogen-bond acceptors (Lipinski definition) is 7. The molecule has 0 spiro atoms. The number of nitrogen functional groups attached to an aromatic ring is 1. The number of ether oxygens (including phenoxy) is 3. The van der Waals surface area contributed by atoms with E-state index in [0.717, 1.165) is 21.9 Å². The third kappa shape index (κ3) is 9.19. The first-order valence-electron chi connectivity index (χ1n) is 16.5. The number of carbonyl (C=O) groups is 1. The molecule has 1 fully saturated rings. The van der Waals surface area contributed by atoms with Crippen molar-refractivity contribution in [3.63, 3.8) is 0 Å². The minimum absolute atomic E-state index is 0.0405. The second-order valence-electron chi connectivity index (χ2n) is 12.3. The van der Waals surface area contributed by atoms with Gasteiger partial charge in [0.25, 0.3) is 0 Å². The molecular formula is C39H40N4O6S. The van der Waals surface area contributed by atoms with E-state index in [2.05, 4.69) is 4.72 Å². The number of sulfonamides is 1. The number of piperidine rings is 1. The zero-order valence-corrected chi connectivity index (χ0v) is 28.4. The number of fused-ring (bicyclic) bond motifs is 1. The first-order valence-corrected chi connectivity index (χ1v) is 18.0. The van der Waals surface area contributed by atoms with Crippen molar-refractivity contribution in [2.75, 3.05) is 19.7 Å². The van der Waals surface area contributed by atoms with E-state index >= 15 is 0 Å². The lowest BCUT2D eigenvalue weighted by Gasteiger charge is -2.31. The Morgan fingerprint density at radius 1 is 0.820 bits per heavy atom. The van der Waals surface area contributed by atoms with E-state index in [1.54, 1.807) is 47.4 Å². The maximum absolute atomic E-state index is 13.6. The molecule has 0 unspecified atom stereocenters. The molecule has 1 aliphatic rings. The van der Waals surface area contributed by atoms with Crippen molar-refractivity contribution in [2.24, 2.45) is 5.73 Å². The molecular weight excluding hydrogens is 653 g/mol. The lowest BCUT2D eigenvalue weighted by Crippen LogP contribution is -2.42. The largest absolute Gasteiger partial charge is 0.492 e. The summed E-state index contributed by atoms with van der Waals surface area (Å²) in [6, 6.07) is 36.1. The van der Waals surface area contributed by atoms with E-state index in [-0.39, 0.29) is 36.1 Å². The van der Waals surface area contributed by atoms with Gasteiger partial charge >= 0.3 is 6.09 Å².